The van der Waals surface area contributed by atoms with E-state index >= 15 is 0 Å². The average Bonchev–Trinajstić information content (AvgIpc) is 2.30. The fraction of sp³-hybridized carbons (Fsp3) is 0.417. The predicted molar refractivity (Wildman–Crippen MR) is 66.4 cm³/mol. The highest BCUT2D eigenvalue weighted by atomic mass is 16.5. The highest BCUT2D eigenvalue weighted by Crippen LogP contribution is 2.27. The smallest absolute Gasteiger partial charge is 0.161 e. The molecule has 0 aliphatic heterocycles. The van der Waals surface area contributed by atoms with Gasteiger partial charge in [0, 0.05) is 12.1 Å². The zero-order valence-electron chi connectivity index (χ0n) is 10.4. The van der Waals surface area contributed by atoms with Gasteiger partial charge < -0.3 is 19.6 Å². The van der Waals surface area contributed by atoms with Gasteiger partial charge in [0.25, 0.3) is 0 Å². The highest BCUT2D eigenvalue weighted by Gasteiger charge is 2.05. The molecule has 0 saturated carbocycles. The van der Waals surface area contributed by atoms with E-state index in [0.29, 0.717) is 18.1 Å². The number of methoxy groups -OCH3 is 1. The summed E-state index contributed by atoms with van der Waals surface area (Å²) < 4.78 is 10.8. The maximum Gasteiger partial charge on any atom is 0.161 e. The molecule has 0 amide bonds. The minimum atomic E-state index is 0.594. The van der Waals surface area contributed by atoms with Crippen molar-refractivity contribution >= 4 is 6.21 Å². The van der Waals surface area contributed by atoms with Crippen LogP contribution in [0.4, 0.5) is 0 Å². The Hall–Kier alpha value is -1.75. The van der Waals surface area contributed by atoms with E-state index in [1.807, 2.05) is 19.0 Å². The molecule has 0 unspecified atom stereocenters. The molecular weight excluding hydrogens is 220 g/mol. The van der Waals surface area contributed by atoms with Gasteiger partial charge in [-0.2, -0.15) is 0 Å². The zero-order chi connectivity index (χ0) is 12.7. The van der Waals surface area contributed by atoms with Gasteiger partial charge in [0.2, 0.25) is 0 Å². The van der Waals surface area contributed by atoms with Gasteiger partial charge in [-0.3, -0.25) is 0 Å². The molecule has 0 aliphatic rings. The van der Waals surface area contributed by atoms with Crippen LogP contribution < -0.4 is 9.47 Å². The van der Waals surface area contributed by atoms with E-state index in [9.17, 15) is 0 Å². The molecule has 0 radical (unpaired) electrons. The summed E-state index contributed by atoms with van der Waals surface area (Å²) >= 11 is 0. The van der Waals surface area contributed by atoms with Crippen molar-refractivity contribution in [3.63, 3.8) is 0 Å². The molecule has 94 valence electrons. The second-order valence-electron chi connectivity index (χ2n) is 3.81. The number of likely N-dealkylation sites (N-methyl/N-ethyl adjacent to an activating group) is 1. The predicted octanol–water partition coefficient (Wildman–Crippen LogP) is 1.44. The third-order valence-corrected chi connectivity index (χ3v) is 2.19. The van der Waals surface area contributed by atoms with Crippen LogP contribution in [0.2, 0.25) is 0 Å². The lowest BCUT2D eigenvalue weighted by atomic mass is 10.2. The molecule has 0 aliphatic carbocycles. The van der Waals surface area contributed by atoms with Crippen LogP contribution >= 0.6 is 0 Å². The standard InChI is InChI=1S/C12H18N2O3/c1-14(2)6-7-17-11-5-4-10(9-13-15)8-12(11)16-3/h4-5,8-9,15H,6-7H2,1-3H3. The Morgan fingerprint density at radius 2 is 2.12 bits per heavy atom. The van der Waals surface area contributed by atoms with Crippen LogP contribution in [0.15, 0.2) is 23.4 Å². The van der Waals surface area contributed by atoms with E-state index in [1.54, 1.807) is 25.3 Å². The van der Waals surface area contributed by atoms with Crippen molar-refractivity contribution in [3.05, 3.63) is 23.8 Å². The third-order valence-electron chi connectivity index (χ3n) is 2.19. The normalized spacial score (nSPS) is 11.1. The number of nitrogens with zero attached hydrogens (tertiary/aromatic N) is 2. The van der Waals surface area contributed by atoms with E-state index in [-0.39, 0.29) is 0 Å². The first kappa shape index (κ1) is 13.3. The van der Waals surface area contributed by atoms with Gasteiger partial charge in [0.15, 0.2) is 11.5 Å². The summed E-state index contributed by atoms with van der Waals surface area (Å²) in [5.74, 6) is 1.31. The summed E-state index contributed by atoms with van der Waals surface area (Å²) in [6.07, 6.45) is 1.34. The van der Waals surface area contributed by atoms with Gasteiger partial charge >= 0.3 is 0 Å². The lowest BCUT2D eigenvalue weighted by Crippen LogP contribution is -2.19. The molecule has 1 rings (SSSR count). The Labute approximate surface area is 101 Å². The first-order valence-electron chi connectivity index (χ1n) is 5.30. The number of oxime groups is 1. The quantitative estimate of drug-likeness (QED) is 0.463. The molecule has 5 nitrogen and oxygen atoms in total. The summed E-state index contributed by atoms with van der Waals surface area (Å²) in [7, 11) is 5.55. The van der Waals surface area contributed by atoms with E-state index in [0.717, 1.165) is 12.1 Å². The second-order valence-corrected chi connectivity index (χ2v) is 3.81. The molecule has 1 aromatic carbocycles. The zero-order valence-corrected chi connectivity index (χ0v) is 10.4. The molecule has 17 heavy (non-hydrogen) atoms. The maximum absolute atomic E-state index is 8.45. The molecule has 0 saturated heterocycles. The Morgan fingerprint density at radius 1 is 1.35 bits per heavy atom. The van der Waals surface area contributed by atoms with Crippen molar-refractivity contribution in [2.24, 2.45) is 5.16 Å². The highest BCUT2D eigenvalue weighted by molar-refractivity contribution is 5.80. The lowest BCUT2D eigenvalue weighted by Gasteiger charge is -2.13. The van der Waals surface area contributed by atoms with Gasteiger partial charge in [0.1, 0.15) is 6.61 Å². The van der Waals surface area contributed by atoms with Crippen molar-refractivity contribution < 1.29 is 14.7 Å². The molecule has 0 aromatic heterocycles. The number of rotatable bonds is 6. The monoisotopic (exact) mass is 238 g/mol. The molecule has 5 heteroatoms. The largest absolute Gasteiger partial charge is 0.493 e. The third kappa shape index (κ3) is 4.32. The molecule has 0 bridgehead atoms. The van der Waals surface area contributed by atoms with Crippen molar-refractivity contribution in [1.29, 1.82) is 0 Å². The second kappa shape index (κ2) is 6.75. The van der Waals surface area contributed by atoms with E-state index in [2.05, 4.69) is 5.16 Å². The minimum Gasteiger partial charge on any atom is -0.493 e. The van der Waals surface area contributed by atoms with Gasteiger partial charge in [-0.25, -0.2) is 0 Å². The number of ether oxygens (including phenoxy) is 2. The average molecular weight is 238 g/mol. The summed E-state index contributed by atoms with van der Waals surface area (Å²) in [4.78, 5) is 2.04. The molecule has 0 heterocycles. The van der Waals surface area contributed by atoms with Gasteiger partial charge in [-0.05, 0) is 32.3 Å². The Kier molecular flexibility index (Phi) is 5.29. The summed E-state index contributed by atoms with van der Waals surface area (Å²) in [6.45, 7) is 1.43. The van der Waals surface area contributed by atoms with Gasteiger partial charge in [-0.15, -0.1) is 0 Å². The molecular formula is C12H18N2O3. The van der Waals surface area contributed by atoms with Crippen LogP contribution in [-0.2, 0) is 0 Å². The van der Waals surface area contributed by atoms with Crippen molar-refractivity contribution in [2.45, 2.75) is 0 Å². The Morgan fingerprint density at radius 3 is 2.71 bits per heavy atom. The number of hydrogen-bond donors (Lipinski definition) is 1. The fourth-order valence-corrected chi connectivity index (χ4v) is 1.29. The van der Waals surface area contributed by atoms with Crippen LogP contribution in [0.3, 0.4) is 0 Å². The topological polar surface area (TPSA) is 54.3 Å². The fourth-order valence-electron chi connectivity index (χ4n) is 1.29. The molecule has 1 aromatic rings. The van der Waals surface area contributed by atoms with E-state index < -0.39 is 0 Å². The summed E-state index contributed by atoms with van der Waals surface area (Å²) in [5.41, 5.74) is 0.754. The van der Waals surface area contributed by atoms with Crippen LogP contribution in [0, 0.1) is 0 Å². The molecule has 0 atom stereocenters. The van der Waals surface area contributed by atoms with Crippen molar-refractivity contribution in [3.8, 4) is 11.5 Å². The molecule has 0 spiro atoms. The first-order valence-corrected chi connectivity index (χ1v) is 5.30. The first-order chi connectivity index (χ1) is 8.17. The molecule has 1 N–H and O–H groups in total. The summed E-state index contributed by atoms with van der Waals surface area (Å²) in [6, 6.07) is 5.35. The SMILES string of the molecule is COc1cc(C=NO)ccc1OCCN(C)C. The van der Waals surface area contributed by atoms with Crippen LogP contribution in [0.5, 0.6) is 11.5 Å². The lowest BCUT2D eigenvalue weighted by molar-refractivity contribution is 0.250. The van der Waals surface area contributed by atoms with Gasteiger partial charge in [0.05, 0.1) is 13.3 Å². The number of benzene rings is 1. The van der Waals surface area contributed by atoms with Crippen molar-refractivity contribution in [1.82, 2.24) is 4.90 Å². The van der Waals surface area contributed by atoms with Gasteiger partial charge in [-0.1, -0.05) is 5.16 Å². The minimum absolute atomic E-state index is 0.594. The van der Waals surface area contributed by atoms with Crippen LogP contribution in [0.1, 0.15) is 5.56 Å². The van der Waals surface area contributed by atoms with E-state index in [1.165, 1.54) is 6.21 Å². The maximum atomic E-state index is 8.45. The Balaban J connectivity index is 2.71. The molecule has 0 fully saturated rings. The van der Waals surface area contributed by atoms with Crippen LogP contribution in [-0.4, -0.2) is 50.7 Å². The Bertz CT molecular complexity index is 378. The van der Waals surface area contributed by atoms with Crippen molar-refractivity contribution in [2.75, 3.05) is 34.4 Å². The summed E-state index contributed by atoms with van der Waals surface area (Å²) in [5, 5.41) is 11.4. The number of hydrogen-bond acceptors (Lipinski definition) is 5. The van der Waals surface area contributed by atoms with E-state index in [4.69, 9.17) is 14.7 Å². The van der Waals surface area contributed by atoms with Crippen LogP contribution in [0.25, 0.3) is 0 Å².